The second kappa shape index (κ2) is 3.32. The highest BCUT2D eigenvalue weighted by atomic mass is 79.9. The summed E-state index contributed by atoms with van der Waals surface area (Å²) in [4.78, 5) is 0. The summed E-state index contributed by atoms with van der Waals surface area (Å²) in [6.07, 6.45) is 3.77. The predicted molar refractivity (Wildman–Crippen MR) is 57.1 cm³/mol. The van der Waals surface area contributed by atoms with Crippen molar-refractivity contribution >= 4 is 47.8 Å². The molecule has 1 aliphatic rings. The van der Waals surface area contributed by atoms with E-state index in [1.807, 2.05) is 19.1 Å². The molecule has 2 atom stereocenters. The Kier molecular flexibility index (Phi) is 3.01. The number of hydrogen-bond donors (Lipinski definition) is 1. The minimum absolute atomic E-state index is 0.0521. The van der Waals surface area contributed by atoms with Gasteiger partial charge in [0.2, 0.25) is 0 Å². The molecule has 0 aromatic rings. The molecule has 0 fully saturated rings. The molecule has 0 saturated heterocycles. The third-order valence-electron chi connectivity index (χ3n) is 1.61. The van der Waals surface area contributed by atoms with Crippen LogP contribution in [0.3, 0.4) is 0 Å². The van der Waals surface area contributed by atoms with Crippen molar-refractivity contribution in [2.45, 2.75) is 11.4 Å². The molecule has 4 heteroatoms. The van der Waals surface area contributed by atoms with E-state index in [0.29, 0.717) is 0 Å². The van der Waals surface area contributed by atoms with Crippen molar-refractivity contribution in [3.8, 4) is 0 Å². The van der Waals surface area contributed by atoms with Crippen molar-refractivity contribution < 1.29 is 5.11 Å². The molecule has 11 heavy (non-hydrogen) atoms. The van der Waals surface area contributed by atoms with Crippen LogP contribution < -0.4 is 0 Å². The summed E-state index contributed by atoms with van der Waals surface area (Å²) < 4.78 is 0.789. The van der Waals surface area contributed by atoms with Gasteiger partial charge in [-0.15, -0.1) is 0 Å². The van der Waals surface area contributed by atoms with Gasteiger partial charge in [-0.05, 0) is 22.0 Å². The Bertz CT molecular complexity index is 230. The number of allylic oxidation sites excluding steroid dienone is 2. The Balaban J connectivity index is 3.01. The molecular formula is C7H7Br3O. The Labute approximate surface area is 90.9 Å². The number of alkyl halides is 1. The molecule has 1 N–H and O–H groups in total. The van der Waals surface area contributed by atoms with Crippen LogP contribution in [-0.4, -0.2) is 9.62 Å². The standard InChI is InChI=1S/C7H7Br3O/c1-4-2-5(8)3-6(9)7(4,10)11/h2-4,11H,1H3. The summed E-state index contributed by atoms with van der Waals surface area (Å²) in [5.74, 6) is 0.0521. The summed E-state index contributed by atoms with van der Waals surface area (Å²) in [6.45, 7) is 1.93. The zero-order valence-electron chi connectivity index (χ0n) is 5.81. The van der Waals surface area contributed by atoms with Crippen molar-refractivity contribution in [1.29, 1.82) is 0 Å². The van der Waals surface area contributed by atoms with Gasteiger partial charge in [0.1, 0.15) is 0 Å². The lowest BCUT2D eigenvalue weighted by Gasteiger charge is -2.29. The smallest absolute Gasteiger partial charge is 0.157 e. The van der Waals surface area contributed by atoms with Crippen LogP contribution in [0.2, 0.25) is 0 Å². The molecule has 0 saturated carbocycles. The monoisotopic (exact) mass is 344 g/mol. The Morgan fingerprint density at radius 1 is 1.55 bits per heavy atom. The zero-order valence-corrected chi connectivity index (χ0v) is 10.6. The van der Waals surface area contributed by atoms with E-state index >= 15 is 0 Å². The molecule has 0 heterocycles. The molecular weight excluding hydrogens is 340 g/mol. The predicted octanol–water partition coefficient (Wildman–Crippen LogP) is 3.28. The Morgan fingerprint density at radius 3 is 2.55 bits per heavy atom. The van der Waals surface area contributed by atoms with Crippen molar-refractivity contribution in [3.05, 3.63) is 21.1 Å². The highest BCUT2D eigenvalue weighted by Gasteiger charge is 2.34. The molecule has 0 spiro atoms. The topological polar surface area (TPSA) is 20.2 Å². The second-order valence-electron chi connectivity index (χ2n) is 2.51. The first-order chi connectivity index (χ1) is 4.94. The van der Waals surface area contributed by atoms with Crippen molar-refractivity contribution in [1.82, 2.24) is 0 Å². The van der Waals surface area contributed by atoms with E-state index in [1.54, 1.807) is 0 Å². The molecule has 1 aliphatic carbocycles. The lowest BCUT2D eigenvalue weighted by atomic mass is 10.00. The van der Waals surface area contributed by atoms with Gasteiger partial charge in [0.05, 0.1) is 0 Å². The molecule has 1 rings (SSSR count). The van der Waals surface area contributed by atoms with E-state index in [0.717, 1.165) is 8.96 Å². The van der Waals surface area contributed by atoms with Gasteiger partial charge in [0, 0.05) is 14.9 Å². The second-order valence-corrected chi connectivity index (χ2v) is 5.48. The average Bonchev–Trinajstić information content (AvgIpc) is 1.84. The number of aliphatic hydroxyl groups is 1. The number of rotatable bonds is 0. The van der Waals surface area contributed by atoms with E-state index in [1.165, 1.54) is 0 Å². The molecule has 0 amide bonds. The maximum absolute atomic E-state index is 9.77. The van der Waals surface area contributed by atoms with E-state index in [4.69, 9.17) is 0 Å². The van der Waals surface area contributed by atoms with Crippen LogP contribution in [0.5, 0.6) is 0 Å². The largest absolute Gasteiger partial charge is 0.373 e. The summed E-state index contributed by atoms with van der Waals surface area (Å²) in [7, 11) is 0. The summed E-state index contributed by atoms with van der Waals surface area (Å²) in [6, 6.07) is 0. The first kappa shape index (κ1) is 9.96. The molecule has 1 nitrogen and oxygen atoms in total. The number of hydrogen-bond acceptors (Lipinski definition) is 1. The zero-order chi connectivity index (χ0) is 8.65. The minimum atomic E-state index is -0.940. The highest BCUT2D eigenvalue weighted by Crippen LogP contribution is 2.42. The number of halogens is 3. The molecule has 0 bridgehead atoms. The third kappa shape index (κ3) is 1.97. The lowest BCUT2D eigenvalue weighted by Crippen LogP contribution is -2.30. The Hall–Kier alpha value is 0.880. The molecule has 62 valence electrons. The SMILES string of the molecule is CC1C=C(Br)C=C(Br)C1(O)Br. The summed E-state index contributed by atoms with van der Waals surface area (Å²) >= 11 is 9.85. The van der Waals surface area contributed by atoms with Crippen LogP contribution in [0, 0.1) is 5.92 Å². The summed E-state index contributed by atoms with van der Waals surface area (Å²) in [5, 5.41) is 9.77. The maximum Gasteiger partial charge on any atom is 0.157 e. The summed E-state index contributed by atoms with van der Waals surface area (Å²) in [5.41, 5.74) is 0. The molecule has 0 radical (unpaired) electrons. The van der Waals surface area contributed by atoms with Gasteiger partial charge >= 0.3 is 0 Å². The van der Waals surface area contributed by atoms with Crippen molar-refractivity contribution in [2.75, 3.05) is 0 Å². The lowest BCUT2D eigenvalue weighted by molar-refractivity contribution is 0.152. The van der Waals surface area contributed by atoms with E-state index in [2.05, 4.69) is 47.8 Å². The first-order valence-corrected chi connectivity index (χ1v) is 5.48. The van der Waals surface area contributed by atoms with Gasteiger partial charge in [0.15, 0.2) is 4.51 Å². The van der Waals surface area contributed by atoms with Gasteiger partial charge in [0.25, 0.3) is 0 Å². The van der Waals surface area contributed by atoms with Gasteiger partial charge in [-0.3, -0.25) is 0 Å². The van der Waals surface area contributed by atoms with Crippen LogP contribution >= 0.6 is 47.8 Å². The molecule has 2 unspecified atom stereocenters. The van der Waals surface area contributed by atoms with E-state index in [9.17, 15) is 5.11 Å². The van der Waals surface area contributed by atoms with Crippen LogP contribution in [0.25, 0.3) is 0 Å². The van der Waals surface area contributed by atoms with E-state index < -0.39 is 4.51 Å². The first-order valence-electron chi connectivity index (χ1n) is 3.11. The van der Waals surface area contributed by atoms with Crippen LogP contribution in [0.1, 0.15) is 6.92 Å². The molecule has 0 aromatic carbocycles. The van der Waals surface area contributed by atoms with Crippen LogP contribution in [0.15, 0.2) is 21.1 Å². The average molecular weight is 347 g/mol. The molecule has 0 aliphatic heterocycles. The van der Waals surface area contributed by atoms with E-state index in [-0.39, 0.29) is 5.92 Å². The Morgan fingerprint density at radius 2 is 2.09 bits per heavy atom. The van der Waals surface area contributed by atoms with Crippen LogP contribution in [0.4, 0.5) is 0 Å². The minimum Gasteiger partial charge on any atom is -0.373 e. The third-order valence-corrected chi connectivity index (χ3v) is 4.62. The quantitative estimate of drug-likeness (QED) is 0.667. The van der Waals surface area contributed by atoms with Crippen molar-refractivity contribution in [3.63, 3.8) is 0 Å². The van der Waals surface area contributed by atoms with Gasteiger partial charge in [-0.25, -0.2) is 0 Å². The van der Waals surface area contributed by atoms with Crippen LogP contribution in [-0.2, 0) is 0 Å². The molecule has 0 aromatic heterocycles. The fourth-order valence-electron chi connectivity index (χ4n) is 0.837. The maximum atomic E-state index is 9.77. The van der Waals surface area contributed by atoms with Gasteiger partial charge in [-0.1, -0.05) is 44.9 Å². The highest BCUT2D eigenvalue weighted by molar-refractivity contribution is 9.14. The van der Waals surface area contributed by atoms with Crippen molar-refractivity contribution in [2.24, 2.45) is 5.92 Å². The normalized spacial score (nSPS) is 38.1. The fraction of sp³-hybridized carbons (Fsp3) is 0.429. The van der Waals surface area contributed by atoms with Gasteiger partial charge in [-0.2, -0.15) is 0 Å². The van der Waals surface area contributed by atoms with Gasteiger partial charge < -0.3 is 5.11 Å². The fourth-order valence-corrected chi connectivity index (χ4v) is 2.62.